The third kappa shape index (κ3) is 3.81. The molecule has 0 aliphatic rings. The van der Waals surface area contributed by atoms with Gasteiger partial charge in [0.1, 0.15) is 12.1 Å². The summed E-state index contributed by atoms with van der Waals surface area (Å²) in [5.41, 5.74) is 2.94. The number of hydrogen-bond acceptors (Lipinski definition) is 5. The molecule has 0 aliphatic carbocycles. The number of halogens is 1. The second-order valence-corrected chi connectivity index (χ2v) is 7.47. The third-order valence-electron chi connectivity index (χ3n) is 3.77. The maximum Gasteiger partial charge on any atom is 0.141 e. The zero-order valence-electron chi connectivity index (χ0n) is 13.2. The maximum absolute atomic E-state index is 4.42. The smallest absolute Gasteiger partial charge is 0.141 e. The summed E-state index contributed by atoms with van der Waals surface area (Å²) in [4.78, 5) is 10.1. The zero-order chi connectivity index (χ0) is 17.1. The molecule has 4 aromatic rings. The number of nitrogens with one attached hydrogen (secondary N) is 2. The van der Waals surface area contributed by atoms with Crippen molar-refractivity contribution in [2.45, 2.75) is 6.54 Å². The van der Waals surface area contributed by atoms with Crippen molar-refractivity contribution in [3.63, 3.8) is 0 Å². The van der Waals surface area contributed by atoms with Gasteiger partial charge in [-0.15, -0.1) is 11.3 Å². The van der Waals surface area contributed by atoms with E-state index in [0.717, 1.165) is 39.1 Å². The lowest BCUT2D eigenvalue weighted by molar-refractivity contribution is 1.19. The van der Waals surface area contributed by atoms with E-state index < -0.39 is 0 Å². The molecule has 124 valence electrons. The SMILES string of the molecule is Brc1cccc(Nc2ncnc3ccc(NCc4cccs4)cc23)c1. The lowest BCUT2D eigenvalue weighted by Crippen LogP contribution is -1.99. The van der Waals surface area contributed by atoms with Gasteiger partial charge in [-0.1, -0.05) is 28.1 Å². The van der Waals surface area contributed by atoms with Crippen molar-refractivity contribution in [1.29, 1.82) is 0 Å². The molecule has 0 amide bonds. The van der Waals surface area contributed by atoms with Crippen LogP contribution in [0.2, 0.25) is 0 Å². The fourth-order valence-electron chi connectivity index (χ4n) is 2.57. The highest BCUT2D eigenvalue weighted by molar-refractivity contribution is 9.10. The van der Waals surface area contributed by atoms with E-state index in [2.05, 4.69) is 60.1 Å². The number of hydrogen-bond donors (Lipinski definition) is 2. The molecule has 0 saturated heterocycles. The average Bonchev–Trinajstić information content (AvgIpc) is 3.14. The molecule has 0 unspecified atom stereocenters. The number of thiophene rings is 1. The standard InChI is InChI=1S/C19H15BrN4S/c20-13-3-1-4-15(9-13)24-19-17-10-14(6-7-18(17)22-12-23-19)21-11-16-5-2-8-25-16/h1-10,12,21H,11H2,(H,22,23,24). The van der Waals surface area contributed by atoms with Gasteiger partial charge in [0.2, 0.25) is 0 Å². The van der Waals surface area contributed by atoms with Crippen LogP contribution in [0.3, 0.4) is 0 Å². The number of aromatic nitrogens is 2. The normalized spacial score (nSPS) is 10.8. The minimum atomic E-state index is 0.794. The summed E-state index contributed by atoms with van der Waals surface area (Å²) in [6.07, 6.45) is 1.58. The minimum absolute atomic E-state index is 0.794. The highest BCUT2D eigenvalue weighted by Crippen LogP contribution is 2.27. The van der Waals surface area contributed by atoms with Crippen LogP contribution in [0.1, 0.15) is 4.88 Å². The van der Waals surface area contributed by atoms with Crippen LogP contribution >= 0.6 is 27.3 Å². The predicted octanol–water partition coefficient (Wildman–Crippen LogP) is 5.81. The highest BCUT2D eigenvalue weighted by Gasteiger charge is 2.06. The van der Waals surface area contributed by atoms with Gasteiger partial charge < -0.3 is 10.6 Å². The van der Waals surface area contributed by atoms with Crippen molar-refractivity contribution in [1.82, 2.24) is 9.97 Å². The van der Waals surface area contributed by atoms with E-state index in [1.165, 1.54) is 4.88 Å². The van der Waals surface area contributed by atoms with Crippen LogP contribution in [0.4, 0.5) is 17.2 Å². The summed E-state index contributed by atoms with van der Waals surface area (Å²) >= 11 is 5.24. The van der Waals surface area contributed by atoms with Gasteiger partial charge in [-0.2, -0.15) is 0 Å². The lowest BCUT2D eigenvalue weighted by Gasteiger charge is -2.11. The Bertz CT molecular complexity index is 1000. The number of rotatable bonds is 5. The summed E-state index contributed by atoms with van der Waals surface area (Å²) in [7, 11) is 0. The van der Waals surface area contributed by atoms with Crippen molar-refractivity contribution in [2.24, 2.45) is 0 Å². The Morgan fingerprint density at radius 2 is 1.92 bits per heavy atom. The molecule has 4 nitrogen and oxygen atoms in total. The van der Waals surface area contributed by atoms with Crippen LogP contribution < -0.4 is 10.6 Å². The molecule has 2 aromatic heterocycles. The Hall–Kier alpha value is -2.44. The first kappa shape index (κ1) is 16.1. The van der Waals surface area contributed by atoms with Crippen LogP contribution in [0, 0.1) is 0 Å². The van der Waals surface area contributed by atoms with Crippen LogP contribution in [0.15, 0.2) is 70.8 Å². The summed E-state index contributed by atoms with van der Waals surface area (Å²) in [6, 6.07) is 18.4. The Labute approximate surface area is 158 Å². The van der Waals surface area contributed by atoms with Gasteiger partial charge in [0.15, 0.2) is 0 Å². The molecule has 0 fully saturated rings. The van der Waals surface area contributed by atoms with Crippen LogP contribution in [0.5, 0.6) is 0 Å². The Kier molecular flexibility index (Phi) is 4.63. The predicted molar refractivity (Wildman–Crippen MR) is 109 cm³/mol. The number of benzene rings is 2. The molecule has 0 atom stereocenters. The molecular weight excluding hydrogens is 396 g/mol. The van der Waals surface area contributed by atoms with E-state index in [4.69, 9.17) is 0 Å². The van der Waals surface area contributed by atoms with Crippen molar-refractivity contribution in [3.8, 4) is 0 Å². The first-order valence-electron chi connectivity index (χ1n) is 7.81. The fraction of sp³-hybridized carbons (Fsp3) is 0.0526. The Morgan fingerprint density at radius 1 is 0.960 bits per heavy atom. The Balaban J connectivity index is 1.63. The molecule has 2 N–H and O–H groups in total. The minimum Gasteiger partial charge on any atom is -0.380 e. The van der Waals surface area contributed by atoms with Crippen molar-refractivity contribution in [2.75, 3.05) is 10.6 Å². The fourth-order valence-corrected chi connectivity index (χ4v) is 3.62. The van der Waals surface area contributed by atoms with Gasteiger partial charge in [-0.25, -0.2) is 9.97 Å². The van der Waals surface area contributed by atoms with Gasteiger partial charge in [-0.05, 0) is 47.8 Å². The second kappa shape index (κ2) is 7.21. The number of fused-ring (bicyclic) bond motifs is 1. The van der Waals surface area contributed by atoms with Crippen molar-refractivity contribution in [3.05, 3.63) is 75.7 Å². The van der Waals surface area contributed by atoms with E-state index in [1.807, 2.05) is 36.4 Å². The van der Waals surface area contributed by atoms with E-state index in [1.54, 1.807) is 17.7 Å². The zero-order valence-corrected chi connectivity index (χ0v) is 15.6. The number of nitrogens with zero attached hydrogens (tertiary/aromatic N) is 2. The molecule has 25 heavy (non-hydrogen) atoms. The molecule has 6 heteroatoms. The van der Waals surface area contributed by atoms with Gasteiger partial charge in [-0.3, -0.25) is 0 Å². The first-order valence-corrected chi connectivity index (χ1v) is 9.49. The first-order chi connectivity index (χ1) is 12.3. The lowest BCUT2D eigenvalue weighted by atomic mass is 10.2. The van der Waals surface area contributed by atoms with E-state index in [9.17, 15) is 0 Å². The summed E-state index contributed by atoms with van der Waals surface area (Å²) in [5, 5.41) is 9.91. The van der Waals surface area contributed by atoms with Gasteiger partial charge in [0.25, 0.3) is 0 Å². The molecule has 2 heterocycles. The topological polar surface area (TPSA) is 49.8 Å². The van der Waals surface area contributed by atoms with E-state index >= 15 is 0 Å². The Morgan fingerprint density at radius 3 is 2.76 bits per heavy atom. The molecule has 0 radical (unpaired) electrons. The average molecular weight is 411 g/mol. The number of anilines is 3. The van der Waals surface area contributed by atoms with Gasteiger partial charge in [0, 0.05) is 32.7 Å². The summed E-state index contributed by atoms with van der Waals surface area (Å²) < 4.78 is 1.02. The largest absolute Gasteiger partial charge is 0.380 e. The van der Waals surface area contributed by atoms with Crippen LogP contribution in [-0.2, 0) is 6.54 Å². The van der Waals surface area contributed by atoms with Crippen LogP contribution in [0.25, 0.3) is 10.9 Å². The van der Waals surface area contributed by atoms with E-state index in [-0.39, 0.29) is 0 Å². The maximum atomic E-state index is 4.42. The van der Waals surface area contributed by atoms with Gasteiger partial charge in [0.05, 0.1) is 5.52 Å². The van der Waals surface area contributed by atoms with Crippen LogP contribution in [-0.4, -0.2) is 9.97 Å². The molecule has 2 aromatic carbocycles. The summed E-state index contributed by atoms with van der Waals surface area (Å²) in [6.45, 7) is 0.811. The molecule has 0 bridgehead atoms. The molecule has 0 spiro atoms. The summed E-state index contributed by atoms with van der Waals surface area (Å²) in [5.74, 6) is 0.794. The van der Waals surface area contributed by atoms with E-state index in [0.29, 0.717) is 0 Å². The second-order valence-electron chi connectivity index (χ2n) is 5.52. The molecule has 0 aliphatic heterocycles. The van der Waals surface area contributed by atoms with Crippen molar-refractivity contribution < 1.29 is 0 Å². The molecule has 0 saturated carbocycles. The van der Waals surface area contributed by atoms with Gasteiger partial charge >= 0.3 is 0 Å². The third-order valence-corrected chi connectivity index (χ3v) is 5.14. The highest BCUT2D eigenvalue weighted by atomic mass is 79.9. The van der Waals surface area contributed by atoms with Crippen molar-refractivity contribution >= 4 is 55.4 Å². The quantitative estimate of drug-likeness (QED) is 0.435. The molecular formula is C19H15BrN4S. The molecule has 4 rings (SSSR count). The monoisotopic (exact) mass is 410 g/mol.